The average molecular weight is 403 g/mol. The minimum atomic E-state index is -2.04. The van der Waals surface area contributed by atoms with Gasteiger partial charge in [0.05, 0.1) is 19.8 Å². The van der Waals surface area contributed by atoms with Crippen molar-refractivity contribution in [3.05, 3.63) is 35.9 Å². The maximum Gasteiger partial charge on any atom is 0.344 e. The van der Waals surface area contributed by atoms with Crippen molar-refractivity contribution in [3.8, 4) is 0 Å². The molecule has 156 valence electrons. The highest BCUT2D eigenvalue weighted by Crippen LogP contribution is 2.50. The zero-order chi connectivity index (χ0) is 21.2. The molecule has 0 spiro atoms. The number of benzene rings is 1. The quantitative estimate of drug-likeness (QED) is 0.404. The van der Waals surface area contributed by atoms with Crippen LogP contribution in [0.4, 0.5) is 0 Å². The van der Waals surface area contributed by atoms with E-state index in [4.69, 9.17) is 14.2 Å². The molecule has 2 aliphatic heterocycles. The third-order valence-corrected chi connectivity index (χ3v) is 5.63. The number of likely N-dealkylation sites (tertiary alicyclic amines) is 1. The molecule has 3 atom stereocenters. The first kappa shape index (κ1) is 20.8. The third-order valence-electron chi connectivity index (χ3n) is 5.63. The zero-order valence-electron chi connectivity index (χ0n) is 16.8. The van der Waals surface area contributed by atoms with Crippen molar-refractivity contribution in [2.45, 2.75) is 38.8 Å². The highest BCUT2D eigenvalue weighted by molar-refractivity contribution is 6.13. The highest BCUT2D eigenvalue weighted by atomic mass is 16.6. The van der Waals surface area contributed by atoms with E-state index < -0.39 is 47.2 Å². The second-order valence-corrected chi connectivity index (χ2v) is 7.00. The van der Waals surface area contributed by atoms with E-state index in [0.29, 0.717) is 6.42 Å². The maximum absolute atomic E-state index is 13.5. The van der Waals surface area contributed by atoms with Crippen molar-refractivity contribution in [3.63, 3.8) is 0 Å². The van der Waals surface area contributed by atoms with Gasteiger partial charge in [0.2, 0.25) is 5.54 Å². The average Bonchev–Trinajstić information content (AvgIpc) is 3.23. The Morgan fingerprint density at radius 1 is 1.07 bits per heavy atom. The Bertz CT molecular complexity index is 789. The fraction of sp³-hybridized carbons (Fsp3) is 0.524. The summed E-state index contributed by atoms with van der Waals surface area (Å²) in [6, 6.07) is 7.16. The standard InChI is InChI=1S/C21H25NO7/c1-4-15-14-12-29-18(24)16(14)22(17(23)13-10-8-7-9-11-13)21(15,19(25)27-5-2)20(26)28-6-3/h7-11,14-16H,4-6,12H2,1-3H3/t14-,15-,16+/m1/s1. The van der Waals surface area contributed by atoms with Gasteiger partial charge in [-0.05, 0) is 32.4 Å². The largest absolute Gasteiger partial charge is 0.464 e. The van der Waals surface area contributed by atoms with Gasteiger partial charge in [0.15, 0.2) is 0 Å². The van der Waals surface area contributed by atoms with Crippen LogP contribution in [-0.2, 0) is 28.6 Å². The number of esters is 3. The van der Waals surface area contributed by atoms with Crippen molar-refractivity contribution in [2.75, 3.05) is 19.8 Å². The van der Waals surface area contributed by atoms with Gasteiger partial charge in [-0.25, -0.2) is 14.4 Å². The second-order valence-electron chi connectivity index (χ2n) is 7.00. The Balaban J connectivity index is 2.24. The first-order valence-corrected chi connectivity index (χ1v) is 9.84. The molecule has 8 nitrogen and oxygen atoms in total. The molecule has 0 aromatic heterocycles. The van der Waals surface area contributed by atoms with Crippen LogP contribution in [0.25, 0.3) is 0 Å². The Kier molecular flexibility index (Phi) is 5.91. The van der Waals surface area contributed by atoms with Crippen molar-refractivity contribution in [2.24, 2.45) is 11.8 Å². The van der Waals surface area contributed by atoms with Crippen molar-refractivity contribution in [1.82, 2.24) is 4.90 Å². The van der Waals surface area contributed by atoms with Crippen LogP contribution >= 0.6 is 0 Å². The topological polar surface area (TPSA) is 99.2 Å². The van der Waals surface area contributed by atoms with E-state index in [1.54, 1.807) is 51.1 Å². The van der Waals surface area contributed by atoms with Crippen molar-refractivity contribution < 1.29 is 33.4 Å². The van der Waals surface area contributed by atoms with E-state index in [0.717, 1.165) is 4.90 Å². The molecular weight excluding hydrogens is 378 g/mol. The SMILES string of the molecule is CCOC(=O)C1(C(=O)OCC)[C@H](CC)[C@H]2COC(=O)[C@H]2N1C(=O)c1ccccc1. The predicted molar refractivity (Wildman–Crippen MR) is 101 cm³/mol. The van der Waals surface area contributed by atoms with E-state index >= 15 is 0 Å². The van der Waals surface area contributed by atoms with Crippen LogP contribution < -0.4 is 0 Å². The normalized spacial score (nSPS) is 24.6. The van der Waals surface area contributed by atoms with E-state index in [9.17, 15) is 19.2 Å². The minimum Gasteiger partial charge on any atom is -0.464 e. The summed E-state index contributed by atoms with van der Waals surface area (Å²) in [5, 5.41) is 0. The molecule has 1 aromatic rings. The lowest BCUT2D eigenvalue weighted by atomic mass is 9.77. The van der Waals surface area contributed by atoms with Crippen LogP contribution in [0.2, 0.25) is 0 Å². The molecule has 0 aliphatic carbocycles. The molecule has 0 unspecified atom stereocenters. The number of hydrogen-bond acceptors (Lipinski definition) is 7. The van der Waals surface area contributed by atoms with Gasteiger partial charge in [-0.1, -0.05) is 25.1 Å². The van der Waals surface area contributed by atoms with Gasteiger partial charge in [0.1, 0.15) is 6.04 Å². The number of nitrogens with zero attached hydrogens (tertiary/aromatic N) is 1. The van der Waals surface area contributed by atoms with Gasteiger partial charge in [-0.3, -0.25) is 9.69 Å². The molecule has 0 N–H and O–H groups in total. The van der Waals surface area contributed by atoms with Crippen LogP contribution in [0.1, 0.15) is 37.6 Å². The number of rotatable bonds is 6. The lowest BCUT2D eigenvalue weighted by molar-refractivity contribution is -0.176. The lowest BCUT2D eigenvalue weighted by Gasteiger charge is -2.38. The molecule has 1 amide bonds. The Morgan fingerprint density at radius 2 is 1.66 bits per heavy atom. The third kappa shape index (κ3) is 3.07. The van der Waals surface area contributed by atoms with Crippen LogP contribution in [0, 0.1) is 11.8 Å². The number of amides is 1. The van der Waals surface area contributed by atoms with Crippen LogP contribution in [0.15, 0.2) is 30.3 Å². The van der Waals surface area contributed by atoms with E-state index in [2.05, 4.69) is 0 Å². The molecular formula is C21H25NO7. The predicted octanol–water partition coefficient (Wildman–Crippen LogP) is 1.58. The van der Waals surface area contributed by atoms with E-state index in [1.165, 1.54) is 0 Å². The minimum absolute atomic E-state index is 0.0174. The zero-order valence-corrected chi connectivity index (χ0v) is 16.8. The van der Waals surface area contributed by atoms with Gasteiger partial charge < -0.3 is 14.2 Å². The Labute approximate surface area is 169 Å². The number of hydrogen-bond donors (Lipinski definition) is 0. The molecule has 0 bridgehead atoms. The highest BCUT2D eigenvalue weighted by Gasteiger charge is 2.73. The fourth-order valence-electron chi connectivity index (χ4n) is 4.54. The van der Waals surface area contributed by atoms with Crippen molar-refractivity contribution in [1.29, 1.82) is 0 Å². The number of fused-ring (bicyclic) bond motifs is 1. The summed E-state index contributed by atoms with van der Waals surface area (Å²) < 4.78 is 15.7. The molecule has 2 fully saturated rings. The van der Waals surface area contributed by atoms with E-state index in [-0.39, 0.29) is 25.4 Å². The number of carbonyl (C=O) groups excluding carboxylic acids is 4. The first-order chi connectivity index (χ1) is 13.9. The molecule has 2 aliphatic rings. The summed E-state index contributed by atoms with van der Waals surface area (Å²) in [5.41, 5.74) is -1.79. The summed E-state index contributed by atoms with van der Waals surface area (Å²) >= 11 is 0. The number of cyclic esters (lactones) is 1. The van der Waals surface area contributed by atoms with E-state index in [1.807, 2.05) is 0 Å². The Morgan fingerprint density at radius 3 is 2.17 bits per heavy atom. The van der Waals surface area contributed by atoms with Crippen molar-refractivity contribution >= 4 is 23.8 Å². The monoisotopic (exact) mass is 403 g/mol. The van der Waals surface area contributed by atoms with Gasteiger partial charge in [-0.15, -0.1) is 0 Å². The smallest absolute Gasteiger partial charge is 0.344 e. The maximum atomic E-state index is 13.5. The number of carbonyl (C=O) groups is 4. The Hall–Kier alpha value is -2.90. The van der Waals surface area contributed by atoms with Gasteiger partial charge >= 0.3 is 17.9 Å². The van der Waals surface area contributed by atoms with Gasteiger partial charge in [0, 0.05) is 17.4 Å². The van der Waals surface area contributed by atoms with Crippen LogP contribution in [0.3, 0.4) is 0 Å². The van der Waals surface area contributed by atoms with Crippen LogP contribution in [-0.4, -0.2) is 60.1 Å². The molecule has 1 aromatic carbocycles. The summed E-state index contributed by atoms with van der Waals surface area (Å²) in [4.78, 5) is 53.7. The summed E-state index contributed by atoms with van der Waals surface area (Å²) in [7, 11) is 0. The molecule has 2 heterocycles. The first-order valence-electron chi connectivity index (χ1n) is 9.84. The molecule has 0 radical (unpaired) electrons. The fourth-order valence-corrected chi connectivity index (χ4v) is 4.54. The molecule has 0 saturated carbocycles. The molecule has 29 heavy (non-hydrogen) atoms. The van der Waals surface area contributed by atoms with Gasteiger partial charge in [-0.2, -0.15) is 0 Å². The molecule has 3 rings (SSSR count). The summed E-state index contributed by atoms with van der Waals surface area (Å²) in [5.74, 6) is -4.18. The summed E-state index contributed by atoms with van der Waals surface area (Å²) in [6.45, 7) is 5.10. The summed E-state index contributed by atoms with van der Waals surface area (Å²) in [6.07, 6.45) is 0.355. The molecule has 8 heteroatoms. The second kappa shape index (κ2) is 8.23. The van der Waals surface area contributed by atoms with Crippen LogP contribution in [0.5, 0.6) is 0 Å². The molecule has 2 saturated heterocycles. The van der Waals surface area contributed by atoms with Gasteiger partial charge in [0.25, 0.3) is 5.91 Å². The number of ether oxygens (including phenoxy) is 3. The lowest BCUT2D eigenvalue weighted by Crippen LogP contribution is -2.65.